The highest BCUT2D eigenvalue weighted by Gasteiger charge is 2.16. The Morgan fingerprint density at radius 2 is 2.29 bits per heavy atom. The number of carboxylic acid groups (broad SMARTS) is 1. The largest absolute Gasteiger partial charge is 0.495 e. The summed E-state index contributed by atoms with van der Waals surface area (Å²) in [4.78, 5) is 19.1. The minimum atomic E-state index is -1.02. The Labute approximate surface area is 149 Å². The van der Waals surface area contributed by atoms with Crippen molar-refractivity contribution in [2.75, 3.05) is 13.4 Å². The first-order valence-corrected chi connectivity index (χ1v) is 8.82. The van der Waals surface area contributed by atoms with Crippen LogP contribution >= 0.6 is 23.4 Å². The molecule has 0 fully saturated rings. The van der Waals surface area contributed by atoms with Crippen LogP contribution in [0.25, 0.3) is 0 Å². The number of aromatic carboxylic acids is 1. The number of benzene rings is 1. The number of ether oxygens (including phenoxy) is 1. The summed E-state index contributed by atoms with van der Waals surface area (Å²) in [7, 11) is 1.57. The fourth-order valence-corrected chi connectivity index (χ4v) is 3.02. The first-order valence-electron chi connectivity index (χ1n) is 7.16. The molecule has 1 aromatic carbocycles. The highest BCUT2D eigenvalue weighted by Crippen LogP contribution is 2.25. The summed E-state index contributed by atoms with van der Waals surface area (Å²) in [5.74, 6) is -0.388. The number of thioether (sulfide) groups is 1. The molecular weight excluding hydrogens is 350 g/mol. The second-order valence-electron chi connectivity index (χ2n) is 4.97. The summed E-state index contributed by atoms with van der Waals surface area (Å²) in [5.41, 5.74) is 1.66. The van der Waals surface area contributed by atoms with E-state index in [9.17, 15) is 9.90 Å². The second kappa shape index (κ2) is 8.86. The van der Waals surface area contributed by atoms with Gasteiger partial charge in [-0.1, -0.05) is 17.7 Å². The van der Waals surface area contributed by atoms with Gasteiger partial charge in [-0.05, 0) is 24.0 Å². The molecular formula is C16H18ClN3O3S. The number of aromatic nitrogens is 2. The van der Waals surface area contributed by atoms with Gasteiger partial charge in [-0.2, -0.15) is 0 Å². The molecule has 24 heavy (non-hydrogen) atoms. The average molecular weight is 368 g/mol. The summed E-state index contributed by atoms with van der Waals surface area (Å²) in [5, 5.41) is 13.2. The summed E-state index contributed by atoms with van der Waals surface area (Å²) >= 11 is 7.72. The summed E-state index contributed by atoms with van der Waals surface area (Å²) in [6.45, 7) is 0.600. The van der Waals surface area contributed by atoms with Crippen molar-refractivity contribution in [2.45, 2.75) is 18.3 Å². The number of nitrogens with one attached hydrogen (secondary N) is 1. The van der Waals surface area contributed by atoms with Crippen molar-refractivity contribution in [1.29, 1.82) is 0 Å². The molecule has 0 amide bonds. The maximum Gasteiger partial charge on any atom is 0.339 e. The molecule has 0 aliphatic carbocycles. The fraction of sp³-hybridized carbons (Fsp3) is 0.312. The molecule has 0 bridgehead atoms. The number of rotatable bonds is 8. The van der Waals surface area contributed by atoms with E-state index in [2.05, 4.69) is 15.3 Å². The van der Waals surface area contributed by atoms with E-state index in [1.807, 2.05) is 24.5 Å². The summed E-state index contributed by atoms with van der Waals surface area (Å²) in [6.07, 6.45) is 5.13. The normalized spacial score (nSPS) is 12.0. The third-order valence-corrected chi connectivity index (χ3v) is 4.64. The predicted molar refractivity (Wildman–Crippen MR) is 94.8 cm³/mol. The van der Waals surface area contributed by atoms with Crippen molar-refractivity contribution in [1.82, 2.24) is 15.3 Å². The van der Waals surface area contributed by atoms with Crippen molar-refractivity contribution in [3.8, 4) is 5.75 Å². The van der Waals surface area contributed by atoms with Gasteiger partial charge >= 0.3 is 5.97 Å². The molecule has 0 aliphatic rings. The zero-order valence-corrected chi connectivity index (χ0v) is 14.9. The molecule has 2 aromatic rings. The maximum absolute atomic E-state index is 11.2. The van der Waals surface area contributed by atoms with Crippen LogP contribution < -0.4 is 10.1 Å². The van der Waals surface area contributed by atoms with Crippen molar-refractivity contribution >= 4 is 29.3 Å². The average Bonchev–Trinajstić information content (AvgIpc) is 2.58. The van der Waals surface area contributed by atoms with Gasteiger partial charge in [-0.3, -0.25) is 0 Å². The van der Waals surface area contributed by atoms with Gasteiger partial charge in [0, 0.05) is 19.2 Å². The lowest BCUT2D eigenvalue weighted by Crippen LogP contribution is -2.28. The monoisotopic (exact) mass is 367 g/mol. The topological polar surface area (TPSA) is 84.3 Å². The standard InChI is InChI=1S/C16H18ClN3O3S/c1-23-14-4-3-10(5-12(14)17)7-19-15(24-2)6-13-11(16(21)22)8-18-9-20-13/h3-5,8-9,15,19H,6-7H2,1-2H3,(H,21,22)/t15-/m0/s1. The van der Waals surface area contributed by atoms with E-state index >= 15 is 0 Å². The van der Waals surface area contributed by atoms with Crippen LogP contribution in [0.3, 0.4) is 0 Å². The molecule has 0 spiro atoms. The van der Waals surface area contributed by atoms with Gasteiger partial charge in [-0.25, -0.2) is 14.8 Å². The van der Waals surface area contributed by atoms with E-state index in [0.717, 1.165) is 5.56 Å². The lowest BCUT2D eigenvalue weighted by atomic mass is 10.1. The van der Waals surface area contributed by atoms with Gasteiger partial charge in [0.2, 0.25) is 0 Å². The Morgan fingerprint density at radius 3 is 2.92 bits per heavy atom. The Bertz CT molecular complexity index is 715. The number of halogens is 1. The minimum absolute atomic E-state index is 0.0128. The van der Waals surface area contributed by atoms with E-state index in [-0.39, 0.29) is 10.9 Å². The van der Waals surface area contributed by atoms with Crippen LogP contribution in [0.1, 0.15) is 21.6 Å². The maximum atomic E-state index is 11.2. The molecule has 6 nitrogen and oxygen atoms in total. The zero-order chi connectivity index (χ0) is 17.5. The summed E-state index contributed by atoms with van der Waals surface area (Å²) in [6, 6.07) is 5.60. The first kappa shape index (κ1) is 18.5. The lowest BCUT2D eigenvalue weighted by Gasteiger charge is -2.17. The number of hydrogen-bond donors (Lipinski definition) is 2. The van der Waals surface area contributed by atoms with Crippen molar-refractivity contribution in [3.63, 3.8) is 0 Å². The van der Waals surface area contributed by atoms with Crippen molar-refractivity contribution in [2.24, 2.45) is 0 Å². The molecule has 0 saturated heterocycles. The summed E-state index contributed by atoms with van der Waals surface area (Å²) < 4.78 is 5.14. The van der Waals surface area contributed by atoms with Gasteiger partial charge in [0.25, 0.3) is 0 Å². The molecule has 0 unspecified atom stereocenters. The number of methoxy groups -OCH3 is 1. The SMILES string of the molecule is COc1ccc(CN[C@H](Cc2ncncc2C(=O)O)SC)cc1Cl. The van der Waals surface area contributed by atoms with Crippen LogP contribution in [-0.4, -0.2) is 39.8 Å². The van der Waals surface area contributed by atoms with Crippen LogP contribution in [-0.2, 0) is 13.0 Å². The van der Waals surface area contributed by atoms with Crippen LogP contribution in [0.4, 0.5) is 0 Å². The van der Waals surface area contributed by atoms with E-state index in [1.165, 1.54) is 12.5 Å². The second-order valence-corrected chi connectivity index (χ2v) is 6.41. The Hall–Kier alpha value is -1.83. The van der Waals surface area contributed by atoms with Gasteiger partial charge in [-0.15, -0.1) is 11.8 Å². The number of hydrogen-bond acceptors (Lipinski definition) is 6. The third kappa shape index (κ3) is 4.83. The predicted octanol–water partition coefficient (Wildman–Crippen LogP) is 2.86. The molecule has 1 heterocycles. The molecule has 0 saturated carbocycles. The molecule has 2 rings (SSSR count). The molecule has 2 N–H and O–H groups in total. The van der Waals surface area contributed by atoms with E-state index in [0.29, 0.717) is 29.4 Å². The molecule has 128 valence electrons. The minimum Gasteiger partial charge on any atom is -0.495 e. The number of carboxylic acids is 1. The van der Waals surface area contributed by atoms with Gasteiger partial charge < -0.3 is 15.2 Å². The number of nitrogens with zero attached hydrogens (tertiary/aromatic N) is 2. The lowest BCUT2D eigenvalue weighted by molar-refractivity contribution is 0.0694. The highest BCUT2D eigenvalue weighted by molar-refractivity contribution is 7.99. The van der Waals surface area contributed by atoms with Crippen molar-refractivity contribution < 1.29 is 14.6 Å². The van der Waals surface area contributed by atoms with Gasteiger partial charge in [0.05, 0.1) is 28.8 Å². The molecule has 1 aromatic heterocycles. The van der Waals surface area contributed by atoms with Crippen LogP contribution in [0.5, 0.6) is 5.75 Å². The molecule has 0 aliphatic heterocycles. The smallest absolute Gasteiger partial charge is 0.339 e. The van der Waals surface area contributed by atoms with E-state index in [1.54, 1.807) is 18.9 Å². The van der Waals surface area contributed by atoms with Crippen LogP contribution in [0.2, 0.25) is 5.02 Å². The van der Waals surface area contributed by atoms with E-state index in [4.69, 9.17) is 16.3 Å². The quantitative estimate of drug-likeness (QED) is 0.694. The number of carbonyl (C=O) groups is 1. The van der Waals surface area contributed by atoms with Crippen LogP contribution in [0, 0.1) is 0 Å². The van der Waals surface area contributed by atoms with Crippen LogP contribution in [0.15, 0.2) is 30.7 Å². The highest BCUT2D eigenvalue weighted by atomic mass is 35.5. The Balaban J connectivity index is 2.03. The van der Waals surface area contributed by atoms with Crippen molar-refractivity contribution in [3.05, 3.63) is 52.6 Å². The third-order valence-electron chi connectivity index (χ3n) is 3.44. The first-order chi connectivity index (χ1) is 11.5. The zero-order valence-electron chi connectivity index (χ0n) is 13.3. The fourth-order valence-electron chi connectivity index (χ4n) is 2.16. The Kier molecular flexibility index (Phi) is 6.84. The molecule has 0 radical (unpaired) electrons. The van der Waals surface area contributed by atoms with Gasteiger partial charge in [0.15, 0.2) is 0 Å². The molecule has 1 atom stereocenters. The van der Waals surface area contributed by atoms with E-state index < -0.39 is 5.97 Å². The molecule has 8 heteroatoms. The van der Waals surface area contributed by atoms with Gasteiger partial charge in [0.1, 0.15) is 12.1 Å². The Morgan fingerprint density at radius 1 is 1.50 bits per heavy atom.